The number of aryl methyl sites for hydroxylation is 3. The number of benzene rings is 1. The molecular formula is C18H30N2O. The van der Waals surface area contributed by atoms with Crippen LogP contribution in [0, 0.1) is 20.8 Å². The Hall–Kier alpha value is -0.900. The third-order valence-electron chi connectivity index (χ3n) is 4.59. The van der Waals surface area contributed by atoms with Gasteiger partial charge in [0, 0.05) is 25.2 Å². The molecule has 118 valence electrons. The zero-order valence-electron chi connectivity index (χ0n) is 14.4. The summed E-state index contributed by atoms with van der Waals surface area (Å²) in [5.41, 5.74) is 5.58. The molecule has 0 bridgehead atoms. The zero-order valence-corrected chi connectivity index (χ0v) is 14.4. The Morgan fingerprint density at radius 2 is 1.86 bits per heavy atom. The summed E-state index contributed by atoms with van der Waals surface area (Å²) in [6, 6.07) is 5.44. The fourth-order valence-electron chi connectivity index (χ4n) is 3.53. The number of hydrogen-bond acceptors (Lipinski definition) is 3. The van der Waals surface area contributed by atoms with Gasteiger partial charge in [-0.15, -0.1) is 0 Å². The highest BCUT2D eigenvalue weighted by molar-refractivity contribution is 5.39. The van der Waals surface area contributed by atoms with Crippen molar-refractivity contribution >= 4 is 0 Å². The first-order valence-electron chi connectivity index (χ1n) is 8.03. The van der Waals surface area contributed by atoms with Gasteiger partial charge in [-0.3, -0.25) is 4.90 Å². The van der Waals surface area contributed by atoms with Crippen molar-refractivity contribution in [2.24, 2.45) is 0 Å². The number of hydrogen-bond donors (Lipinski definition) is 1. The fraction of sp³-hybridized carbons (Fsp3) is 0.667. The van der Waals surface area contributed by atoms with Crippen molar-refractivity contribution in [3.8, 4) is 0 Å². The maximum atomic E-state index is 5.74. The van der Waals surface area contributed by atoms with Crippen LogP contribution in [0.4, 0.5) is 0 Å². The van der Waals surface area contributed by atoms with Crippen LogP contribution < -0.4 is 5.32 Å². The highest BCUT2D eigenvalue weighted by Gasteiger charge is 2.26. The molecule has 3 unspecified atom stereocenters. The Kier molecular flexibility index (Phi) is 5.42. The van der Waals surface area contributed by atoms with Gasteiger partial charge in [0.2, 0.25) is 0 Å². The van der Waals surface area contributed by atoms with Crippen LogP contribution >= 0.6 is 0 Å². The number of nitrogens with one attached hydrogen (secondary N) is 1. The smallest absolute Gasteiger partial charge is 0.0674 e. The highest BCUT2D eigenvalue weighted by Crippen LogP contribution is 2.25. The Labute approximate surface area is 129 Å². The van der Waals surface area contributed by atoms with Crippen molar-refractivity contribution in [2.45, 2.75) is 52.8 Å². The summed E-state index contributed by atoms with van der Waals surface area (Å²) in [7, 11) is 2.07. The lowest BCUT2D eigenvalue weighted by molar-refractivity contribution is -0.0520. The Morgan fingerprint density at radius 3 is 2.43 bits per heavy atom. The molecule has 1 aromatic rings. The molecule has 3 nitrogen and oxygen atoms in total. The molecule has 0 aliphatic carbocycles. The highest BCUT2D eigenvalue weighted by atomic mass is 16.5. The van der Waals surface area contributed by atoms with Gasteiger partial charge in [-0.05, 0) is 58.4 Å². The molecule has 2 rings (SSSR count). The topological polar surface area (TPSA) is 24.5 Å². The van der Waals surface area contributed by atoms with E-state index in [-0.39, 0.29) is 0 Å². The summed E-state index contributed by atoms with van der Waals surface area (Å²) in [5.74, 6) is 0. The van der Waals surface area contributed by atoms with E-state index in [4.69, 9.17) is 4.74 Å². The van der Waals surface area contributed by atoms with Gasteiger partial charge in [-0.25, -0.2) is 0 Å². The fourth-order valence-corrected chi connectivity index (χ4v) is 3.53. The second-order valence-corrected chi connectivity index (χ2v) is 6.60. The maximum Gasteiger partial charge on any atom is 0.0674 e. The molecule has 1 aliphatic heterocycles. The number of ether oxygens (including phenoxy) is 1. The first-order chi connectivity index (χ1) is 9.92. The van der Waals surface area contributed by atoms with Crippen molar-refractivity contribution in [1.29, 1.82) is 0 Å². The van der Waals surface area contributed by atoms with Crippen LogP contribution in [0.5, 0.6) is 0 Å². The maximum absolute atomic E-state index is 5.74. The van der Waals surface area contributed by atoms with Crippen molar-refractivity contribution in [3.05, 3.63) is 34.4 Å². The molecule has 1 fully saturated rings. The van der Waals surface area contributed by atoms with Crippen molar-refractivity contribution in [3.63, 3.8) is 0 Å². The molecule has 0 amide bonds. The van der Waals surface area contributed by atoms with Crippen LogP contribution in [-0.4, -0.2) is 43.8 Å². The number of nitrogens with zero attached hydrogens (tertiary/aromatic N) is 1. The van der Waals surface area contributed by atoms with E-state index < -0.39 is 0 Å². The lowest BCUT2D eigenvalue weighted by atomic mass is 9.93. The first-order valence-corrected chi connectivity index (χ1v) is 8.03. The minimum absolute atomic E-state index is 0.332. The average Bonchev–Trinajstić information content (AvgIpc) is 2.40. The van der Waals surface area contributed by atoms with Crippen LogP contribution in [-0.2, 0) is 4.74 Å². The van der Waals surface area contributed by atoms with E-state index in [9.17, 15) is 0 Å². The number of morpholine rings is 1. The van der Waals surface area contributed by atoms with E-state index >= 15 is 0 Å². The van der Waals surface area contributed by atoms with Gasteiger partial charge in [0.15, 0.2) is 0 Å². The van der Waals surface area contributed by atoms with Crippen molar-refractivity contribution in [2.75, 3.05) is 26.7 Å². The minimum Gasteiger partial charge on any atom is -0.376 e. The lowest BCUT2D eigenvalue weighted by Gasteiger charge is -2.39. The second-order valence-electron chi connectivity index (χ2n) is 6.60. The molecule has 1 aliphatic rings. The Balaban J connectivity index is 2.20. The van der Waals surface area contributed by atoms with Crippen LogP contribution in [0.2, 0.25) is 0 Å². The van der Waals surface area contributed by atoms with E-state index in [0.29, 0.717) is 18.2 Å². The largest absolute Gasteiger partial charge is 0.376 e. The standard InChI is InChI=1S/C18H30N2O/c1-12-7-13(2)18(14(3)8-12)17(19-6)10-20-9-16(5)21-11-15(20)4/h7-8,15-17,19H,9-11H2,1-6H3. The van der Waals surface area contributed by atoms with Gasteiger partial charge in [0.25, 0.3) is 0 Å². The van der Waals surface area contributed by atoms with Crippen LogP contribution in [0.3, 0.4) is 0 Å². The van der Waals surface area contributed by atoms with Gasteiger partial charge >= 0.3 is 0 Å². The Morgan fingerprint density at radius 1 is 1.24 bits per heavy atom. The molecule has 0 spiro atoms. The normalized spacial score (nSPS) is 25.0. The third-order valence-corrected chi connectivity index (χ3v) is 4.59. The zero-order chi connectivity index (χ0) is 15.6. The predicted octanol–water partition coefficient (Wildman–Crippen LogP) is 2.98. The van der Waals surface area contributed by atoms with Crippen LogP contribution in [0.25, 0.3) is 0 Å². The summed E-state index contributed by atoms with van der Waals surface area (Å²) in [5, 5.41) is 3.52. The van der Waals surface area contributed by atoms with Gasteiger partial charge in [0.05, 0.1) is 12.7 Å². The average molecular weight is 290 g/mol. The van der Waals surface area contributed by atoms with Crippen LogP contribution in [0.1, 0.15) is 42.1 Å². The third kappa shape index (κ3) is 3.85. The van der Waals surface area contributed by atoms with E-state index in [1.165, 1.54) is 22.3 Å². The molecule has 3 heteroatoms. The summed E-state index contributed by atoms with van der Waals surface area (Å²) in [4.78, 5) is 2.55. The molecule has 1 saturated heterocycles. The summed E-state index contributed by atoms with van der Waals surface area (Å²) >= 11 is 0. The molecule has 0 saturated carbocycles. The molecule has 0 aromatic heterocycles. The van der Waals surface area contributed by atoms with Gasteiger partial charge in [-0.2, -0.15) is 0 Å². The minimum atomic E-state index is 0.332. The van der Waals surface area contributed by atoms with E-state index in [1.54, 1.807) is 0 Å². The van der Waals surface area contributed by atoms with E-state index in [0.717, 1.165) is 19.7 Å². The molecular weight excluding hydrogens is 260 g/mol. The van der Waals surface area contributed by atoms with Gasteiger partial charge < -0.3 is 10.1 Å². The Bertz CT molecular complexity index is 463. The number of likely N-dealkylation sites (N-methyl/N-ethyl adjacent to an activating group) is 1. The predicted molar refractivity (Wildman–Crippen MR) is 88.9 cm³/mol. The summed E-state index contributed by atoms with van der Waals surface area (Å²) < 4.78 is 5.74. The lowest BCUT2D eigenvalue weighted by Crippen LogP contribution is -2.50. The number of rotatable bonds is 4. The molecule has 1 heterocycles. The first kappa shape index (κ1) is 16.5. The van der Waals surface area contributed by atoms with E-state index in [1.807, 2.05) is 0 Å². The quantitative estimate of drug-likeness (QED) is 0.922. The molecule has 1 aromatic carbocycles. The van der Waals surface area contributed by atoms with E-state index in [2.05, 4.69) is 64.0 Å². The van der Waals surface area contributed by atoms with Gasteiger partial charge in [0.1, 0.15) is 0 Å². The van der Waals surface area contributed by atoms with Crippen LogP contribution in [0.15, 0.2) is 12.1 Å². The summed E-state index contributed by atoms with van der Waals surface area (Å²) in [6.45, 7) is 13.9. The molecule has 3 atom stereocenters. The summed E-state index contributed by atoms with van der Waals surface area (Å²) in [6.07, 6.45) is 0.332. The van der Waals surface area contributed by atoms with Crippen molar-refractivity contribution < 1.29 is 4.74 Å². The monoisotopic (exact) mass is 290 g/mol. The molecule has 0 radical (unpaired) electrons. The van der Waals surface area contributed by atoms with Gasteiger partial charge in [-0.1, -0.05) is 17.7 Å². The SMILES string of the molecule is CNC(CN1CC(C)OCC1C)c1c(C)cc(C)cc1C. The molecule has 21 heavy (non-hydrogen) atoms. The van der Waals surface area contributed by atoms with Crippen molar-refractivity contribution in [1.82, 2.24) is 10.2 Å². The second kappa shape index (κ2) is 6.91. The molecule has 1 N–H and O–H groups in total.